The lowest BCUT2D eigenvalue weighted by Gasteiger charge is -2.08. The SMILES string of the molecule is CSc1ccc(NC(=O)c2c(O)cccc2F)cc1. The van der Waals surface area contributed by atoms with Gasteiger partial charge in [-0.15, -0.1) is 11.8 Å². The fraction of sp³-hybridized carbons (Fsp3) is 0.0714. The number of benzene rings is 2. The molecule has 0 saturated carbocycles. The monoisotopic (exact) mass is 277 g/mol. The topological polar surface area (TPSA) is 49.3 Å². The number of carbonyl (C=O) groups excluding carboxylic acids is 1. The van der Waals surface area contributed by atoms with Gasteiger partial charge in [0.25, 0.3) is 5.91 Å². The van der Waals surface area contributed by atoms with Crippen molar-refractivity contribution in [2.24, 2.45) is 0 Å². The van der Waals surface area contributed by atoms with Crippen LogP contribution < -0.4 is 5.32 Å². The Bertz CT molecular complexity index is 579. The van der Waals surface area contributed by atoms with E-state index in [0.717, 1.165) is 11.0 Å². The summed E-state index contributed by atoms with van der Waals surface area (Å²) in [5, 5.41) is 12.1. The van der Waals surface area contributed by atoms with Gasteiger partial charge in [-0.1, -0.05) is 6.07 Å². The molecule has 0 aliphatic heterocycles. The first-order valence-electron chi connectivity index (χ1n) is 5.54. The molecule has 0 atom stereocenters. The van der Waals surface area contributed by atoms with E-state index in [1.807, 2.05) is 18.4 Å². The van der Waals surface area contributed by atoms with Gasteiger partial charge in [0, 0.05) is 10.6 Å². The highest BCUT2D eigenvalue weighted by molar-refractivity contribution is 7.98. The molecule has 0 saturated heterocycles. The van der Waals surface area contributed by atoms with E-state index in [9.17, 15) is 14.3 Å². The van der Waals surface area contributed by atoms with E-state index in [4.69, 9.17) is 0 Å². The van der Waals surface area contributed by atoms with E-state index < -0.39 is 11.7 Å². The summed E-state index contributed by atoms with van der Waals surface area (Å²) in [6, 6.07) is 10.9. The number of carbonyl (C=O) groups is 1. The Morgan fingerprint density at radius 2 is 1.89 bits per heavy atom. The van der Waals surface area contributed by atoms with Crippen LogP contribution in [-0.4, -0.2) is 17.3 Å². The number of nitrogens with one attached hydrogen (secondary N) is 1. The van der Waals surface area contributed by atoms with Crippen LogP contribution >= 0.6 is 11.8 Å². The van der Waals surface area contributed by atoms with Crippen LogP contribution in [0, 0.1) is 5.82 Å². The zero-order chi connectivity index (χ0) is 13.8. The average molecular weight is 277 g/mol. The first kappa shape index (κ1) is 13.4. The second-order valence-corrected chi connectivity index (χ2v) is 4.70. The summed E-state index contributed by atoms with van der Waals surface area (Å²) in [5.41, 5.74) is 0.196. The number of hydrogen-bond donors (Lipinski definition) is 2. The quantitative estimate of drug-likeness (QED) is 0.844. The van der Waals surface area contributed by atoms with Crippen molar-refractivity contribution in [1.82, 2.24) is 0 Å². The Morgan fingerprint density at radius 1 is 1.21 bits per heavy atom. The molecule has 3 nitrogen and oxygen atoms in total. The zero-order valence-corrected chi connectivity index (χ0v) is 11.0. The molecule has 2 rings (SSSR count). The minimum Gasteiger partial charge on any atom is -0.507 e. The number of anilines is 1. The second kappa shape index (κ2) is 5.75. The Labute approximate surface area is 114 Å². The highest BCUT2D eigenvalue weighted by Crippen LogP contribution is 2.22. The van der Waals surface area contributed by atoms with Crippen molar-refractivity contribution in [3.05, 3.63) is 53.8 Å². The minimum absolute atomic E-state index is 0.351. The molecule has 98 valence electrons. The lowest BCUT2D eigenvalue weighted by atomic mass is 10.1. The van der Waals surface area contributed by atoms with Crippen molar-refractivity contribution in [2.45, 2.75) is 4.90 Å². The third kappa shape index (κ3) is 3.06. The number of phenols is 1. The predicted octanol–water partition coefficient (Wildman–Crippen LogP) is 3.51. The lowest BCUT2D eigenvalue weighted by molar-refractivity contribution is 0.102. The van der Waals surface area contributed by atoms with Gasteiger partial charge in [0.1, 0.15) is 17.1 Å². The standard InChI is InChI=1S/C14H12FNO2S/c1-19-10-7-5-9(6-8-10)16-14(18)13-11(15)3-2-4-12(13)17/h2-8,17H,1H3,(H,16,18). The highest BCUT2D eigenvalue weighted by atomic mass is 32.2. The third-order valence-corrected chi connectivity index (χ3v) is 3.31. The van der Waals surface area contributed by atoms with Gasteiger partial charge in [0.05, 0.1) is 0 Å². The molecule has 0 aromatic heterocycles. The highest BCUT2D eigenvalue weighted by Gasteiger charge is 2.16. The van der Waals surface area contributed by atoms with Crippen LogP contribution in [0.4, 0.5) is 10.1 Å². The molecule has 2 aromatic rings. The molecule has 2 aromatic carbocycles. The zero-order valence-electron chi connectivity index (χ0n) is 10.2. The van der Waals surface area contributed by atoms with E-state index in [2.05, 4.69) is 5.32 Å². The normalized spacial score (nSPS) is 10.2. The summed E-state index contributed by atoms with van der Waals surface area (Å²) in [6.45, 7) is 0. The van der Waals surface area contributed by atoms with Crippen LogP contribution in [0.15, 0.2) is 47.4 Å². The molecule has 0 radical (unpaired) electrons. The minimum atomic E-state index is -0.752. The molecule has 0 bridgehead atoms. The van der Waals surface area contributed by atoms with Gasteiger partial charge in [0.2, 0.25) is 0 Å². The van der Waals surface area contributed by atoms with Crippen LogP contribution in [0.3, 0.4) is 0 Å². The molecule has 5 heteroatoms. The summed E-state index contributed by atoms with van der Waals surface area (Å²) in [4.78, 5) is 13.0. The van der Waals surface area contributed by atoms with Crippen molar-refractivity contribution < 1.29 is 14.3 Å². The van der Waals surface area contributed by atoms with Crippen LogP contribution in [0.1, 0.15) is 10.4 Å². The van der Waals surface area contributed by atoms with E-state index in [1.165, 1.54) is 12.1 Å². The van der Waals surface area contributed by atoms with Crippen LogP contribution in [0.5, 0.6) is 5.75 Å². The Kier molecular flexibility index (Phi) is 4.06. The fourth-order valence-electron chi connectivity index (χ4n) is 1.61. The van der Waals surface area contributed by atoms with E-state index in [0.29, 0.717) is 5.69 Å². The lowest BCUT2D eigenvalue weighted by Crippen LogP contribution is -2.13. The largest absolute Gasteiger partial charge is 0.507 e. The Hall–Kier alpha value is -2.01. The summed E-state index contributed by atoms with van der Waals surface area (Å²) >= 11 is 1.58. The number of halogens is 1. The molecular formula is C14H12FNO2S. The van der Waals surface area contributed by atoms with Gasteiger partial charge in [-0.3, -0.25) is 4.79 Å². The van der Waals surface area contributed by atoms with Crippen LogP contribution in [-0.2, 0) is 0 Å². The van der Waals surface area contributed by atoms with E-state index in [1.54, 1.807) is 23.9 Å². The van der Waals surface area contributed by atoms with Gasteiger partial charge in [-0.2, -0.15) is 0 Å². The summed E-state index contributed by atoms with van der Waals surface area (Å²) in [6.07, 6.45) is 1.95. The number of amides is 1. The average Bonchev–Trinajstić information content (AvgIpc) is 2.39. The maximum atomic E-state index is 13.5. The van der Waals surface area contributed by atoms with Crippen molar-refractivity contribution in [1.29, 1.82) is 0 Å². The van der Waals surface area contributed by atoms with Gasteiger partial charge in [-0.05, 0) is 42.7 Å². The van der Waals surface area contributed by atoms with Crippen molar-refractivity contribution in [3.8, 4) is 5.75 Å². The van der Waals surface area contributed by atoms with Crippen molar-refractivity contribution in [2.75, 3.05) is 11.6 Å². The summed E-state index contributed by atoms with van der Waals surface area (Å²) < 4.78 is 13.5. The first-order chi connectivity index (χ1) is 9.11. The van der Waals surface area contributed by atoms with Gasteiger partial charge < -0.3 is 10.4 Å². The molecule has 19 heavy (non-hydrogen) atoms. The number of hydrogen-bond acceptors (Lipinski definition) is 3. The van der Waals surface area contributed by atoms with Crippen LogP contribution in [0.2, 0.25) is 0 Å². The number of thioether (sulfide) groups is 1. The number of phenolic OH excluding ortho intramolecular Hbond substituents is 1. The first-order valence-corrected chi connectivity index (χ1v) is 6.77. The Balaban J connectivity index is 2.21. The summed E-state index contributed by atoms with van der Waals surface area (Å²) in [5.74, 6) is -1.80. The second-order valence-electron chi connectivity index (χ2n) is 3.82. The van der Waals surface area contributed by atoms with E-state index >= 15 is 0 Å². The molecule has 0 aliphatic rings. The Morgan fingerprint density at radius 3 is 2.47 bits per heavy atom. The molecule has 0 spiro atoms. The smallest absolute Gasteiger partial charge is 0.262 e. The van der Waals surface area contributed by atoms with Gasteiger partial charge in [0.15, 0.2) is 0 Å². The van der Waals surface area contributed by atoms with Crippen molar-refractivity contribution in [3.63, 3.8) is 0 Å². The molecule has 0 fully saturated rings. The molecule has 0 aliphatic carbocycles. The fourth-order valence-corrected chi connectivity index (χ4v) is 2.01. The molecular weight excluding hydrogens is 265 g/mol. The van der Waals surface area contributed by atoms with Crippen LogP contribution in [0.25, 0.3) is 0 Å². The molecule has 2 N–H and O–H groups in total. The summed E-state index contributed by atoms with van der Waals surface area (Å²) in [7, 11) is 0. The predicted molar refractivity (Wildman–Crippen MR) is 74.2 cm³/mol. The maximum absolute atomic E-state index is 13.5. The molecule has 1 amide bonds. The van der Waals surface area contributed by atoms with Gasteiger partial charge in [-0.25, -0.2) is 4.39 Å². The third-order valence-electron chi connectivity index (χ3n) is 2.57. The molecule has 0 unspecified atom stereocenters. The van der Waals surface area contributed by atoms with Gasteiger partial charge >= 0.3 is 0 Å². The van der Waals surface area contributed by atoms with Crippen molar-refractivity contribution >= 4 is 23.4 Å². The molecule has 0 heterocycles. The maximum Gasteiger partial charge on any atom is 0.262 e. The van der Waals surface area contributed by atoms with E-state index in [-0.39, 0.29) is 11.3 Å². The number of aromatic hydroxyl groups is 1. The number of rotatable bonds is 3.